The van der Waals surface area contributed by atoms with Gasteiger partial charge in [0.15, 0.2) is 0 Å². The first-order valence-corrected chi connectivity index (χ1v) is 4.72. The molecule has 1 aromatic heterocycles. The molecular weight excluding hydrogens is 194 g/mol. The van der Waals surface area contributed by atoms with Gasteiger partial charge in [-0.2, -0.15) is 0 Å². The minimum atomic E-state index is -0.234. The summed E-state index contributed by atoms with van der Waals surface area (Å²) >= 11 is 0. The number of amides is 1. The third-order valence-electron chi connectivity index (χ3n) is 2.15. The maximum Gasteiger partial charge on any atom is 0.250 e. The molecule has 0 bridgehead atoms. The number of rotatable bonds is 3. The van der Waals surface area contributed by atoms with Crippen molar-refractivity contribution in [3.05, 3.63) is 28.7 Å². The van der Waals surface area contributed by atoms with Gasteiger partial charge in [-0.1, -0.05) is 6.92 Å². The lowest BCUT2D eigenvalue weighted by molar-refractivity contribution is -0.119. The van der Waals surface area contributed by atoms with E-state index in [1.807, 2.05) is 0 Å². The predicted molar refractivity (Wildman–Crippen MR) is 58.5 cm³/mol. The SMILES string of the molecule is CC(CN)C(=O)Nc1ccc(=O)n(C)c1. The van der Waals surface area contributed by atoms with E-state index in [0.29, 0.717) is 12.2 Å². The normalized spacial score (nSPS) is 12.2. The first-order valence-electron chi connectivity index (χ1n) is 4.72. The Balaban J connectivity index is 2.77. The first-order chi connectivity index (χ1) is 7.04. The minimum absolute atomic E-state index is 0.111. The molecule has 0 radical (unpaired) electrons. The lowest BCUT2D eigenvalue weighted by atomic mass is 10.1. The second-order valence-corrected chi connectivity index (χ2v) is 3.49. The van der Waals surface area contributed by atoms with Gasteiger partial charge in [-0.25, -0.2) is 0 Å². The Morgan fingerprint density at radius 3 is 2.80 bits per heavy atom. The van der Waals surface area contributed by atoms with E-state index in [1.54, 1.807) is 26.2 Å². The first kappa shape index (κ1) is 11.5. The molecule has 0 aromatic carbocycles. The number of aryl methyl sites for hydroxylation is 1. The zero-order chi connectivity index (χ0) is 11.4. The van der Waals surface area contributed by atoms with Crippen LogP contribution in [0.3, 0.4) is 0 Å². The van der Waals surface area contributed by atoms with Gasteiger partial charge in [0.2, 0.25) is 11.5 Å². The molecule has 5 nitrogen and oxygen atoms in total. The maximum atomic E-state index is 11.5. The fourth-order valence-corrected chi connectivity index (χ4v) is 1.04. The van der Waals surface area contributed by atoms with Crippen molar-refractivity contribution in [1.82, 2.24) is 4.57 Å². The number of carbonyl (C=O) groups excluding carboxylic acids is 1. The van der Waals surface area contributed by atoms with E-state index in [1.165, 1.54) is 10.6 Å². The van der Waals surface area contributed by atoms with Crippen molar-refractivity contribution in [2.45, 2.75) is 6.92 Å². The Hall–Kier alpha value is -1.62. The molecule has 1 amide bonds. The molecule has 3 N–H and O–H groups in total. The Morgan fingerprint density at radius 2 is 2.27 bits per heavy atom. The number of carbonyl (C=O) groups is 1. The van der Waals surface area contributed by atoms with Crippen LogP contribution in [0.4, 0.5) is 5.69 Å². The van der Waals surface area contributed by atoms with Crippen LogP contribution in [-0.4, -0.2) is 17.0 Å². The minimum Gasteiger partial charge on any atom is -0.330 e. The second kappa shape index (κ2) is 4.75. The summed E-state index contributed by atoms with van der Waals surface area (Å²) in [5.41, 5.74) is 5.85. The number of hydrogen-bond acceptors (Lipinski definition) is 3. The van der Waals surface area contributed by atoms with E-state index in [4.69, 9.17) is 5.73 Å². The molecule has 1 rings (SSSR count). The molecule has 5 heteroatoms. The van der Waals surface area contributed by atoms with Crippen molar-refractivity contribution in [2.75, 3.05) is 11.9 Å². The van der Waals surface area contributed by atoms with Crippen molar-refractivity contribution < 1.29 is 4.79 Å². The van der Waals surface area contributed by atoms with Gasteiger partial charge in [-0.3, -0.25) is 9.59 Å². The Bertz CT molecular complexity index is 411. The van der Waals surface area contributed by atoms with E-state index in [9.17, 15) is 9.59 Å². The quantitative estimate of drug-likeness (QED) is 0.731. The fourth-order valence-electron chi connectivity index (χ4n) is 1.04. The number of aromatic nitrogens is 1. The van der Waals surface area contributed by atoms with Crippen LogP contribution in [0.15, 0.2) is 23.1 Å². The smallest absolute Gasteiger partial charge is 0.250 e. The van der Waals surface area contributed by atoms with Crippen LogP contribution in [0.5, 0.6) is 0 Å². The summed E-state index contributed by atoms with van der Waals surface area (Å²) < 4.78 is 1.41. The fraction of sp³-hybridized carbons (Fsp3) is 0.400. The van der Waals surface area contributed by atoms with Crippen molar-refractivity contribution in [1.29, 1.82) is 0 Å². The average Bonchev–Trinajstić information content (AvgIpc) is 2.22. The summed E-state index contributed by atoms with van der Waals surface area (Å²) in [7, 11) is 1.63. The van der Waals surface area contributed by atoms with E-state index < -0.39 is 0 Å². The summed E-state index contributed by atoms with van der Waals surface area (Å²) in [5, 5.41) is 2.68. The molecule has 0 aliphatic heterocycles. The van der Waals surface area contributed by atoms with Gasteiger partial charge in [0.05, 0.1) is 5.69 Å². The number of nitrogens with two attached hydrogens (primary N) is 1. The molecule has 15 heavy (non-hydrogen) atoms. The third-order valence-corrected chi connectivity index (χ3v) is 2.15. The zero-order valence-electron chi connectivity index (χ0n) is 8.86. The number of anilines is 1. The lowest BCUT2D eigenvalue weighted by Crippen LogP contribution is -2.27. The molecule has 1 atom stereocenters. The second-order valence-electron chi connectivity index (χ2n) is 3.49. The van der Waals surface area contributed by atoms with Gasteiger partial charge < -0.3 is 15.6 Å². The van der Waals surface area contributed by atoms with Crippen molar-refractivity contribution in [3.63, 3.8) is 0 Å². The van der Waals surface area contributed by atoms with E-state index in [2.05, 4.69) is 5.32 Å². The Morgan fingerprint density at radius 1 is 1.60 bits per heavy atom. The summed E-state index contributed by atoms with van der Waals surface area (Å²) in [5.74, 6) is -0.376. The molecule has 0 aliphatic rings. The summed E-state index contributed by atoms with van der Waals surface area (Å²) in [6.45, 7) is 2.05. The largest absolute Gasteiger partial charge is 0.330 e. The molecule has 82 valence electrons. The predicted octanol–water partition coefficient (Wildman–Crippen LogP) is -0.0814. The molecule has 0 aliphatic carbocycles. The third kappa shape index (κ3) is 2.92. The summed E-state index contributed by atoms with van der Waals surface area (Å²) in [6, 6.07) is 2.98. The van der Waals surface area contributed by atoms with Crippen LogP contribution in [0.1, 0.15) is 6.92 Å². The average molecular weight is 209 g/mol. The van der Waals surface area contributed by atoms with Gasteiger partial charge in [0, 0.05) is 31.8 Å². The molecular formula is C10H15N3O2. The van der Waals surface area contributed by atoms with Crippen LogP contribution in [-0.2, 0) is 11.8 Å². The lowest BCUT2D eigenvalue weighted by Gasteiger charge is -2.10. The van der Waals surface area contributed by atoms with Crippen molar-refractivity contribution >= 4 is 11.6 Å². The highest BCUT2D eigenvalue weighted by Crippen LogP contribution is 2.04. The van der Waals surface area contributed by atoms with Gasteiger partial charge in [0.1, 0.15) is 0 Å². The maximum absolute atomic E-state index is 11.5. The van der Waals surface area contributed by atoms with Crippen LogP contribution in [0.2, 0.25) is 0 Å². The standard InChI is InChI=1S/C10H15N3O2/c1-7(5-11)10(15)12-8-3-4-9(14)13(2)6-8/h3-4,6-7H,5,11H2,1-2H3,(H,12,15). The van der Waals surface area contributed by atoms with Gasteiger partial charge in [-0.15, -0.1) is 0 Å². The highest BCUT2D eigenvalue weighted by Gasteiger charge is 2.10. The van der Waals surface area contributed by atoms with Crippen LogP contribution in [0, 0.1) is 5.92 Å². The summed E-state index contributed by atoms with van der Waals surface area (Å²) in [4.78, 5) is 22.5. The zero-order valence-corrected chi connectivity index (χ0v) is 8.86. The van der Waals surface area contributed by atoms with Crippen LogP contribution in [0.25, 0.3) is 0 Å². The van der Waals surface area contributed by atoms with Crippen molar-refractivity contribution in [2.24, 2.45) is 18.7 Å². The Kier molecular flexibility index (Phi) is 3.62. The van der Waals surface area contributed by atoms with Gasteiger partial charge in [0.25, 0.3) is 0 Å². The number of nitrogens with one attached hydrogen (secondary N) is 1. The van der Waals surface area contributed by atoms with Gasteiger partial charge in [-0.05, 0) is 6.07 Å². The molecule has 0 saturated heterocycles. The monoisotopic (exact) mass is 209 g/mol. The van der Waals surface area contributed by atoms with Crippen molar-refractivity contribution in [3.8, 4) is 0 Å². The van der Waals surface area contributed by atoms with E-state index >= 15 is 0 Å². The van der Waals surface area contributed by atoms with E-state index in [0.717, 1.165) is 0 Å². The van der Waals surface area contributed by atoms with E-state index in [-0.39, 0.29) is 17.4 Å². The van der Waals surface area contributed by atoms with Crippen LogP contribution >= 0.6 is 0 Å². The highest BCUT2D eigenvalue weighted by molar-refractivity contribution is 5.92. The molecule has 0 fully saturated rings. The molecule has 1 aromatic rings. The number of hydrogen-bond donors (Lipinski definition) is 2. The topological polar surface area (TPSA) is 77.1 Å². The number of nitrogens with zero attached hydrogens (tertiary/aromatic N) is 1. The number of pyridine rings is 1. The molecule has 0 saturated carbocycles. The molecule has 0 spiro atoms. The summed E-state index contributed by atoms with van der Waals surface area (Å²) in [6.07, 6.45) is 1.57. The highest BCUT2D eigenvalue weighted by atomic mass is 16.2. The molecule has 1 heterocycles. The molecule has 1 unspecified atom stereocenters. The Labute approximate surface area is 87.9 Å². The van der Waals surface area contributed by atoms with Crippen LogP contribution < -0.4 is 16.6 Å². The van der Waals surface area contributed by atoms with Gasteiger partial charge >= 0.3 is 0 Å².